The number of anilines is 1. The first-order valence-electron chi connectivity index (χ1n) is 7.74. The minimum Gasteiger partial charge on any atom is -0.331 e. The van der Waals surface area contributed by atoms with Crippen LogP contribution in [-0.2, 0) is 6.54 Å². The molecule has 3 aromatic heterocycles. The second-order valence-corrected chi connectivity index (χ2v) is 6.53. The number of carbonyl (C=O) groups excluding carboxylic acids is 1. The molecule has 0 bridgehead atoms. The van der Waals surface area contributed by atoms with Crippen molar-refractivity contribution in [3.63, 3.8) is 0 Å². The number of hydrogen-bond donors (Lipinski definition) is 1. The number of thiophene rings is 1. The molecule has 4 nitrogen and oxygen atoms in total. The van der Waals surface area contributed by atoms with E-state index >= 15 is 0 Å². The average Bonchev–Trinajstić information content (AvgIpc) is 3.19. The highest BCUT2D eigenvalue weighted by molar-refractivity contribution is 7.17. The van der Waals surface area contributed by atoms with Crippen LogP contribution < -0.4 is 5.32 Å². The Morgan fingerprint density at radius 1 is 1.16 bits per heavy atom. The molecule has 0 unspecified atom stereocenters. The van der Waals surface area contributed by atoms with E-state index in [-0.39, 0.29) is 11.7 Å². The first kappa shape index (κ1) is 15.5. The third-order valence-corrected chi connectivity index (χ3v) is 4.74. The maximum atomic E-state index is 13.5. The summed E-state index contributed by atoms with van der Waals surface area (Å²) in [5.41, 5.74) is 2.28. The molecule has 6 heteroatoms. The van der Waals surface area contributed by atoms with Crippen LogP contribution in [0, 0.1) is 5.82 Å². The van der Waals surface area contributed by atoms with Crippen molar-refractivity contribution in [1.29, 1.82) is 0 Å². The molecule has 25 heavy (non-hydrogen) atoms. The van der Waals surface area contributed by atoms with Gasteiger partial charge in [0, 0.05) is 12.7 Å². The quantitative estimate of drug-likeness (QED) is 0.587. The van der Waals surface area contributed by atoms with Crippen molar-refractivity contribution in [3.8, 4) is 0 Å². The van der Waals surface area contributed by atoms with Crippen LogP contribution in [0.2, 0.25) is 0 Å². The van der Waals surface area contributed by atoms with Gasteiger partial charge < -0.3 is 9.88 Å². The molecule has 0 atom stereocenters. The molecule has 4 rings (SSSR count). The maximum Gasteiger partial charge on any atom is 0.273 e. The summed E-state index contributed by atoms with van der Waals surface area (Å²) >= 11 is 1.57. The normalized spacial score (nSPS) is 10.9. The SMILES string of the molecule is O=C(Nc1ccccn1)c1cc2sccc2n1Cc1cccc(F)c1. The second-order valence-electron chi connectivity index (χ2n) is 5.58. The summed E-state index contributed by atoms with van der Waals surface area (Å²) in [7, 11) is 0. The molecule has 0 saturated carbocycles. The summed E-state index contributed by atoms with van der Waals surface area (Å²) in [4.78, 5) is 16.8. The number of aromatic nitrogens is 2. The zero-order chi connectivity index (χ0) is 17.2. The molecule has 1 aromatic carbocycles. The highest BCUT2D eigenvalue weighted by Crippen LogP contribution is 2.27. The van der Waals surface area contributed by atoms with Gasteiger partial charge in [-0.3, -0.25) is 4.79 Å². The Morgan fingerprint density at radius 3 is 2.88 bits per heavy atom. The average molecular weight is 351 g/mol. The smallest absolute Gasteiger partial charge is 0.273 e. The van der Waals surface area contributed by atoms with Crippen LogP contribution in [0.4, 0.5) is 10.2 Å². The number of rotatable bonds is 4. The molecule has 0 fully saturated rings. The van der Waals surface area contributed by atoms with E-state index in [0.29, 0.717) is 18.1 Å². The van der Waals surface area contributed by atoms with E-state index in [1.54, 1.807) is 35.7 Å². The van der Waals surface area contributed by atoms with Gasteiger partial charge in [0.15, 0.2) is 0 Å². The van der Waals surface area contributed by atoms with Crippen LogP contribution in [0.1, 0.15) is 16.1 Å². The van der Waals surface area contributed by atoms with Gasteiger partial charge in [0.05, 0.1) is 10.2 Å². The number of fused-ring (bicyclic) bond motifs is 1. The summed E-state index contributed by atoms with van der Waals surface area (Å²) in [5, 5.41) is 4.79. The van der Waals surface area contributed by atoms with E-state index in [2.05, 4.69) is 10.3 Å². The molecule has 3 heterocycles. The van der Waals surface area contributed by atoms with Gasteiger partial charge in [0.1, 0.15) is 17.3 Å². The Morgan fingerprint density at radius 2 is 2.08 bits per heavy atom. The van der Waals surface area contributed by atoms with Gasteiger partial charge in [-0.05, 0) is 47.3 Å². The number of hydrogen-bond acceptors (Lipinski definition) is 3. The number of benzene rings is 1. The summed E-state index contributed by atoms with van der Waals surface area (Å²) in [6.07, 6.45) is 1.62. The van der Waals surface area contributed by atoms with Crippen molar-refractivity contribution >= 4 is 33.3 Å². The number of amides is 1. The van der Waals surface area contributed by atoms with Crippen LogP contribution in [0.15, 0.2) is 66.2 Å². The van der Waals surface area contributed by atoms with Gasteiger partial charge in [0.2, 0.25) is 0 Å². The molecule has 0 aliphatic heterocycles. The molecular weight excluding hydrogens is 337 g/mol. The number of nitrogens with one attached hydrogen (secondary N) is 1. The monoisotopic (exact) mass is 351 g/mol. The standard InChI is InChI=1S/C19H14FN3OS/c20-14-5-3-4-13(10-14)12-23-15-7-9-25-17(15)11-16(23)19(24)22-18-6-1-2-8-21-18/h1-11H,12H2,(H,21,22,24). The van der Waals surface area contributed by atoms with Crippen LogP contribution in [0.5, 0.6) is 0 Å². The van der Waals surface area contributed by atoms with Crippen molar-refractivity contribution < 1.29 is 9.18 Å². The molecule has 0 spiro atoms. The molecule has 0 radical (unpaired) electrons. The molecule has 4 aromatic rings. The van der Waals surface area contributed by atoms with Crippen molar-refractivity contribution in [3.05, 3.63) is 83.2 Å². The molecular formula is C19H14FN3OS. The minimum atomic E-state index is -0.286. The van der Waals surface area contributed by atoms with E-state index in [1.807, 2.05) is 34.2 Å². The third kappa shape index (κ3) is 3.16. The predicted molar refractivity (Wildman–Crippen MR) is 97.5 cm³/mol. The molecule has 1 amide bonds. The predicted octanol–water partition coefficient (Wildman–Crippen LogP) is 4.54. The minimum absolute atomic E-state index is 0.237. The Hall–Kier alpha value is -2.99. The largest absolute Gasteiger partial charge is 0.331 e. The molecule has 0 aliphatic rings. The summed E-state index contributed by atoms with van der Waals surface area (Å²) in [6, 6.07) is 15.6. The molecule has 1 N–H and O–H groups in total. The van der Waals surface area contributed by atoms with Crippen LogP contribution in [-0.4, -0.2) is 15.5 Å². The number of halogens is 1. The Bertz CT molecular complexity index is 1040. The summed E-state index contributed by atoms with van der Waals surface area (Å²) in [5.74, 6) is -0.0291. The van der Waals surface area contributed by atoms with E-state index in [9.17, 15) is 9.18 Å². The highest BCUT2D eigenvalue weighted by Gasteiger charge is 2.17. The fourth-order valence-electron chi connectivity index (χ4n) is 2.77. The molecule has 0 aliphatic carbocycles. The van der Waals surface area contributed by atoms with E-state index in [1.165, 1.54) is 12.1 Å². The van der Waals surface area contributed by atoms with Gasteiger partial charge in [-0.2, -0.15) is 0 Å². The summed E-state index contributed by atoms with van der Waals surface area (Å²) in [6.45, 7) is 0.420. The number of pyridine rings is 1. The van der Waals surface area contributed by atoms with Gasteiger partial charge in [-0.25, -0.2) is 9.37 Å². The lowest BCUT2D eigenvalue weighted by Crippen LogP contribution is -2.18. The van der Waals surface area contributed by atoms with Crippen molar-refractivity contribution in [2.24, 2.45) is 0 Å². The third-order valence-electron chi connectivity index (χ3n) is 3.89. The zero-order valence-electron chi connectivity index (χ0n) is 13.1. The topological polar surface area (TPSA) is 46.9 Å². The first-order chi connectivity index (χ1) is 12.2. The number of nitrogens with zero attached hydrogens (tertiary/aromatic N) is 2. The Labute approximate surface area is 147 Å². The summed E-state index contributed by atoms with van der Waals surface area (Å²) < 4.78 is 16.4. The second kappa shape index (κ2) is 6.49. The fraction of sp³-hybridized carbons (Fsp3) is 0.0526. The lowest BCUT2D eigenvalue weighted by atomic mass is 10.2. The zero-order valence-corrected chi connectivity index (χ0v) is 14.0. The fourth-order valence-corrected chi connectivity index (χ4v) is 3.59. The highest BCUT2D eigenvalue weighted by atomic mass is 32.1. The van der Waals surface area contributed by atoms with Gasteiger partial charge in [-0.1, -0.05) is 18.2 Å². The lowest BCUT2D eigenvalue weighted by molar-refractivity contribution is 0.101. The first-order valence-corrected chi connectivity index (χ1v) is 8.62. The molecule has 124 valence electrons. The van der Waals surface area contributed by atoms with Crippen LogP contribution in [0.3, 0.4) is 0 Å². The number of carbonyl (C=O) groups is 1. The maximum absolute atomic E-state index is 13.5. The van der Waals surface area contributed by atoms with Gasteiger partial charge in [-0.15, -0.1) is 11.3 Å². The van der Waals surface area contributed by atoms with Crippen molar-refractivity contribution in [2.45, 2.75) is 6.54 Å². The molecule has 0 saturated heterocycles. The van der Waals surface area contributed by atoms with E-state index in [0.717, 1.165) is 15.8 Å². The van der Waals surface area contributed by atoms with Gasteiger partial charge >= 0.3 is 0 Å². The van der Waals surface area contributed by atoms with E-state index < -0.39 is 0 Å². The van der Waals surface area contributed by atoms with Gasteiger partial charge in [0.25, 0.3) is 5.91 Å². The Kier molecular flexibility index (Phi) is 4.03. The van der Waals surface area contributed by atoms with Crippen LogP contribution >= 0.6 is 11.3 Å². The van der Waals surface area contributed by atoms with Crippen molar-refractivity contribution in [1.82, 2.24) is 9.55 Å². The van der Waals surface area contributed by atoms with E-state index in [4.69, 9.17) is 0 Å². The van der Waals surface area contributed by atoms with Crippen LogP contribution in [0.25, 0.3) is 10.2 Å². The van der Waals surface area contributed by atoms with Crippen molar-refractivity contribution in [2.75, 3.05) is 5.32 Å². The Balaban J connectivity index is 1.71. The lowest BCUT2D eigenvalue weighted by Gasteiger charge is -2.11.